The highest BCUT2D eigenvalue weighted by atomic mass is 16.5. The number of rotatable bonds is 11. The van der Waals surface area contributed by atoms with Gasteiger partial charge in [-0.25, -0.2) is 0 Å². The van der Waals surface area contributed by atoms with E-state index >= 15 is 0 Å². The van der Waals surface area contributed by atoms with Crippen LogP contribution in [0.1, 0.15) is 47.5 Å². The van der Waals surface area contributed by atoms with Crippen molar-refractivity contribution in [2.75, 3.05) is 39.3 Å². The molecule has 0 heterocycles. The van der Waals surface area contributed by atoms with Gasteiger partial charge in [0.15, 0.2) is 5.96 Å². The normalized spacial score (nSPS) is 11.6. The molecular weight excluding hydrogens is 280 g/mol. The van der Waals surface area contributed by atoms with Crippen LogP contribution in [0.5, 0.6) is 0 Å². The van der Waals surface area contributed by atoms with Gasteiger partial charge in [0.05, 0.1) is 6.10 Å². The number of hydrogen-bond donors (Lipinski definition) is 2. The van der Waals surface area contributed by atoms with Gasteiger partial charge in [0.2, 0.25) is 5.91 Å². The van der Waals surface area contributed by atoms with Crippen molar-refractivity contribution in [2.24, 2.45) is 4.99 Å². The Morgan fingerprint density at radius 3 is 2.41 bits per heavy atom. The quantitative estimate of drug-likeness (QED) is 0.345. The molecular formula is C16H34N4O2. The lowest BCUT2D eigenvalue weighted by Crippen LogP contribution is -2.40. The SMILES string of the molecule is CCNC(=NCCCOC(C)C)NCCC(=O)N(CC)CC. The van der Waals surface area contributed by atoms with Gasteiger partial charge in [0, 0.05) is 45.8 Å². The molecule has 0 aliphatic carbocycles. The van der Waals surface area contributed by atoms with Crippen LogP contribution in [-0.2, 0) is 9.53 Å². The Morgan fingerprint density at radius 2 is 1.86 bits per heavy atom. The smallest absolute Gasteiger partial charge is 0.224 e. The molecule has 0 bridgehead atoms. The van der Waals surface area contributed by atoms with Gasteiger partial charge in [-0.2, -0.15) is 0 Å². The molecule has 6 nitrogen and oxygen atoms in total. The van der Waals surface area contributed by atoms with Crippen molar-refractivity contribution in [1.29, 1.82) is 0 Å². The molecule has 0 saturated carbocycles. The molecule has 0 aromatic heterocycles. The Balaban J connectivity index is 4.04. The monoisotopic (exact) mass is 314 g/mol. The summed E-state index contributed by atoms with van der Waals surface area (Å²) in [5.74, 6) is 0.943. The molecule has 0 radical (unpaired) electrons. The topological polar surface area (TPSA) is 66.0 Å². The van der Waals surface area contributed by atoms with Crippen LogP contribution in [-0.4, -0.2) is 62.2 Å². The van der Waals surface area contributed by atoms with Crippen molar-refractivity contribution < 1.29 is 9.53 Å². The number of ether oxygens (including phenoxy) is 1. The van der Waals surface area contributed by atoms with E-state index in [0.717, 1.165) is 38.6 Å². The van der Waals surface area contributed by atoms with Crippen molar-refractivity contribution in [3.8, 4) is 0 Å². The summed E-state index contributed by atoms with van der Waals surface area (Å²) in [5.41, 5.74) is 0. The van der Waals surface area contributed by atoms with Crippen molar-refractivity contribution in [2.45, 2.75) is 53.6 Å². The van der Waals surface area contributed by atoms with Gasteiger partial charge in [0.1, 0.15) is 0 Å². The van der Waals surface area contributed by atoms with E-state index in [9.17, 15) is 4.79 Å². The molecule has 0 rings (SSSR count). The molecule has 0 aromatic carbocycles. The summed E-state index contributed by atoms with van der Waals surface area (Å²) in [6.45, 7) is 14.5. The highest BCUT2D eigenvalue weighted by molar-refractivity contribution is 5.81. The van der Waals surface area contributed by atoms with Crippen LogP contribution in [0.2, 0.25) is 0 Å². The van der Waals surface area contributed by atoms with Crippen LogP contribution in [0.15, 0.2) is 4.99 Å². The first-order chi connectivity index (χ1) is 10.5. The number of nitrogens with one attached hydrogen (secondary N) is 2. The average molecular weight is 314 g/mol. The van der Waals surface area contributed by atoms with Crippen LogP contribution in [0.25, 0.3) is 0 Å². The molecule has 0 aliphatic heterocycles. The van der Waals surface area contributed by atoms with Crippen LogP contribution in [0.3, 0.4) is 0 Å². The van der Waals surface area contributed by atoms with Gasteiger partial charge >= 0.3 is 0 Å². The third-order valence-electron chi connectivity index (χ3n) is 3.12. The first kappa shape index (κ1) is 20.7. The van der Waals surface area contributed by atoms with E-state index in [1.54, 1.807) is 0 Å². The molecule has 0 unspecified atom stereocenters. The second-order valence-corrected chi connectivity index (χ2v) is 5.28. The second-order valence-electron chi connectivity index (χ2n) is 5.28. The van der Waals surface area contributed by atoms with Crippen molar-refractivity contribution >= 4 is 11.9 Å². The third-order valence-corrected chi connectivity index (χ3v) is 3.12. The summed E-state index contributed by atoms with van der Waals surface area (Å²) in [4.78, 5) is 18.2. The zero-order valence-electron chi connectivity index (χ0n) is 14.9. The van der Waals surface area contributed by atoms with E-state index < -0.39 is 0 Å². The van der Waals surface area contributed by atoms with E-state index in [4.69, 9.17) is 4.74 Å². The molecule has 0 aliphatic rings. The number of hydrogen-bond acceptors (Lipinski definition) is 3. The number of aliphatic imine (C=N–C) groups is 1. The summed E-state index contributed by atoms with van der Waals surface area (Å²) in [5, 5.41) is 6.39. The first-order valence-corrected chi connectivity index (χ1v) is 8.46. The minimum absolute atomic E-state index is 0.179. The maximum absolute atomic E-state index is 11.9. The van der Waals surface area contributed by atoms with Gasteiger partial charge in [-0.15, -0.1) is 0 Å². The predicted molar refractivity (Wildman–Crippen MR) is 92.2 cm³/mol. The van der Waals surface area contributed by atoms with E-state index in [1.807, 2.05) is 39.5 Å². The number of guanidine groups is 1. The fraction of sp³-hybridized carbons (Fsp3) is 0.875. The van der Waals surface area contributed by atoms with Gasteiger partial charge in [-0.1, -0.05) is 0 Å². The number of amides is 1. The Labute approximate surface area is 135 Å². The van der Waals surface area contributed by atoms with Gasteiger partial charge in [-0.05, 0) is 41.0 Å². The standard InChI is InChI=1S/C16H34N4O2/c1-6-17-16(18-11-9-13-22-14(4)5)19-12-10-15(21)20(7-2)8-3/h14H,6-13H2,1-5H3,(H2,17,18,19). The van der Waals surface area contributed by atoms with E-state index in [0.29, 0.717) is 19.5 Å². The van der Waals surface area contributed by atoms with Gasteiger partial charge < -0.3 is 20.3 Å². The van der Waals surface area contributed by atoms with Crippen molar-refractivity contribution in [3.05, 3.63) is 0 Å². The highest BCUT2D eigenvalue weighted by Gasteiger charge is 2.08. The lowest BCUT2D eigenvalue weighted by molar-refractivity contribution is -0.130. The molecule has 0 spiro atoms. The van der Waals surface area contributed by atoms with Crippen LogP contribution >= 0.6 is 0 Å². The maximum Gasteiger partial charge on any atom is 0.224 e. The largest absolute Gasteiger partial charge is 0.379 e. The fourth-order valence-corrected chi connectivity index (χ4v) is 1.94. The molecule has 0 fully saturated rings. The maximum atomic E-state index is 11.9. The van der Waals surface area contributed by atoms with Crippen LogP contribution in [0, 0.1) is 0 Å². The Bertz CT molecular complexity index is 315. The van der Waals surface area contributed by atoms with Crippen LogP contribution in [0.4, 0.5) is 0 Å². The summed E-state index contributed by atoms with van der Waals surface area (Å²) in [6, 6.07) is 0. The van der Waals surface area contributed by atoms with Crippen LogP contribution < -0.4 is 10.6 Å². The Hall–Kier alpha value is -1.30. The predicted octanol–water partition coefficient (Wildman–Crippen LogP) is 1.62. The minimum atomic E-state index is 0.179. The zero-order chi connectivity index (χ0) is 16.8. The summed E-state index contributed by atoms with van der Waals surface area (Å²) in [6.07, 6.45) is 1.65. The Kier molecular flexibility index (Phi) is 12.6. The Morgan fingerprint density at radius 1 is 1.18 bits per heavy atom. The minimum Gasteiger partial charge on any atom is -0.379 e. The van der Waals surface area contributed by atoms with E-state index in [2.05, 4.69) is 15.6 Å². The van der Waals surface area contributed by atoms with E-state index in [1.165, 1.54) is 0 Å². The molecule has 130 valence electrons. The first-order valence-electron chi connectivity index (χ1n) is 8.46. The second kappa shape index (κ2) is 13.4. The third kappa shape index (κ3) is 10.4. The summed E-state index contributed by atoms with van der Waals surface area (Å²) >= 11 is 0. The van der Waals surface area contributed by atoms with Gasteiger partial charge in [-0.3, -0.25) is 9.79 Å². The summed E-state index contributed by atoms with van der Waals surface area (Å²) < 4.78 is 5.49. The number of carbonyl (C=O) groups excluding carboxylic acids is 1. The fourth-order valence-electron chi connectivity index (χ4n) is 1.94. The zero-order valence-corrected chi connectivity index (χ0v) is 14.9. The lowest BCUT2D eigenvalue weighted by atomic mass is 10.3. The molecule has 2 N–H and O–H groups in total. The molecule has 0 saturated heterocycles. The summed E-state index contributed by atoms with van der Waals surface area (Å²) in [7, 11) is 0. The molecule has 6 heteroatoms. The molecule has 0 atom stereocenters. The van der Waals surface area contributed by atoms with Gasteiger partial charge in [0.25, 0.3) is 0 Å². The van der Waals surface area contributed by atoms with Crippen molar-refractivity contribution in [3.63, 3.8) is 0 Å². The average Bonchev–Trinajstić information content (AvgIpc) is 2.47. The number of carbonyl (C=O) groups is 1. The molecule has 1 amide bonds. The molecule has 0 aromatic rings. The van der Waals surface area contributed by atoms with Crippen molar-refractivity contribution in [1.82, 2.24) is 15.5 Å². The van der Waals surface area contributed by atoms with E-state index in [-0.39, 0.29) is 12.0 Å². The molecule has 22 heavy (non-hydrogen) atoms. The number of nitrogens with zero attached hydrogens (tertiary/aromatic N) is 2. The lowest BCUT2D eigenvalue weighted by Gasteiger charge is -2.19. The highest BCUT2D eigenvalue weighted by Crippen LogP contribution is 1.93.